The van der Waals surface area contributed by atoms with Gasteiger partial charge in [-0.2, -0.15) is 5.10 Å². The lowest BCUT2D eigenvalue weighted by Crippen LogP contribution is -1.92. The second-order valence-electron chi connectivity index (χ2n) is 3.45. The van der Waals surface area contributed by atoms with E-state index in [0.29, 0.717) is 5.82 Å². The van der Waals surface area contributed by atoms with Crippen LogP contribution in [0, 0.1) is 6.92 Å². The van der Waals surface area contributed by atoms with Gasteiger partial charge >= 0.3 is 0 Å². The molecule has 0 amide bonds. The van der Waals surface area contributed by atoms with Crippen LogP contribution in [0.4, 0.5) is 5.82 Å². The number of halogens is 1. The number of ether oxygens (including phenoxy) is 1. The molecule has 3 N–H and O–H groups in total. The lowest BCUT2D eigenvalue weighted by Gasteiger charge is -2.08. The van der Waals surface area contributed by atoms with Gasteiger partial charge in [0, 0.05) is 21.3 Å². The molecule has 0 fully saturated rings. The van der Waals surface area contributed by atoms with Crippen LogP contribution in [-0.2, 0) is 0 Å². The molecule has 0 aliphatic carbocycles. The normalized spacial score (nSPS) is 10.4. The topological polar surface area (TPSA) is 63.9 Å². The Labute approximate surface area is 102 Å². The summed E-state index contributed by atoms with van der Waals surface area (Å²) in [6.45, 7) is 1.93. The maximum atomic E-state index is 5.83. The van der Waals surface area contributed by atoms with Gasteiger partial charge in [-0.05, 0) is 25.1 Å². The Morgan fingerprint density at radius 3 is 2.75 bits per heavy atom. The average Bonchev–Trinajstić information content (AvgIpc) is 2.58. The first-order valence-electron chi connectivity index (χ1n) is 4.78. The summed E-state index contributed by atoms with van der Waals surface area (Å²) in [5, 5.41) is 6.84. The average molecular weight is 282 g/mol. The van der Waals surface area contributed by atoms with E-state index in [0.717, 1.165) is 27.0 Å². The molecule has 0 radical (unpaired) electrons. The molecule has 0 aliphatic rings. The fourth-order valence-corrected chi connectivity index (χ4v) is 2.02. The van der Waals surface area contributed by atoms with Crippen LogP contribution in [0.15, 0.2) is 22.7 Å². The van der Waals surface area contributed by atoms with E-state index in [1.54, 1.807) is 7.11 Å². The third-order valence-corrected chi connectivity index (χ3v) is 2.90. The van der Waals surface area contributed by atoms with Gasteiger partial charge < -0.3 is 10.5 Å². The lowest BCUT2D eigenvalue weighted by molar-refractivity contribution is 0.416. The van der Waals surface area contributed by atoms with E-state index in [2.05, 4.69) is 26.1 Å². The summed E-state index contributed by atoms with van der Waals surface area (Å²) in [6, 6.07) is 5.78. The van der Waals surface area contributed by atoms with Gasteiger partial charge in [0.15, 0.2) is 5.82 Å². The zero-order chi connectivity index (χ0) is 11.7. The van der Waals surface area contributed by atoms with Crippen LogP contribution in [-0.4, -0.2) is 17.3 Å². The van der Waals surface area contributed by atoms with Crippen molar-refractivity contribution in [1.29, 1.82) is 0 Å². The Bertz CT molecular complexity index is 502. The Balaban J connectivity index is 2.67. The molecule has 1 aromatic heterocycles. The van der Waals surface area contributed by atoms with Gasteiger partial charge in [0.25, 0.3) is 0 Å². The number of aryl methyl sites for hydroxylation is 1. The van der Waals surface area contributed by atoms with Crippen molar-refractivity contribution < 1.29 is 4.74 Å². The number of rotatable bonds is 2. The van der Waals surface area contributed by atoms with Crippen molar-refractivity contribution in [3.8, 4) is 16.9 Å². The zero-order valence-electron chi connectivity index (χ0n) is 9.04. The molecule has 4 nitrogen and oxygen atoms in total. The number of hydrogen-bond acceptors (Lipinski definition) is 3. The van der Waals surface area contributed by atoms with E-state index >= 15 is 0 Å². The maximum absolute atomic E-state index is 5.83. The first-order valence-corrected chi connectivity index (χ1v) is 5.57. The monoisotopic (exact) mass is 281 g/mol. The molecule has 0 spiro atoms. The molecule has 1 heterocycles. The fraction of sp³-hybridized carbons (Fsp3) is 0.182. The SMILES string of the molecule is COc1ccc(Br)cc1-c1c(N)n[nH]c1C. The van der Waals surface area contributed by atoms with E-state index in [4.69, 9.17) is 10.5 Å². The number of H-pyrrole nitrogens is 1. The molecule has 16 heavy (non-hydrogen) atoms. The molecular weight excluding hydrogens is 270 g/mol. The predicted molar refractivity (Wildman–Crippen MR) is 67.4 cm³/mol. The van der Waals surface area contributed by atoms with Gasteiger partial charge in [0.2, 0.25) is 0 Å². The lowest BCUT2D eigenvalue weighted by atomic mass is 10.0. The van der Waals surface area contributed by atoms with E-state index in [-0.39, 0.29) is 0 Å². The molecule has 84 valence electrons. The van der Waals surface area contributed by atoms with Crippen LogP contribution < -0.4 is 10.5 Å². The number of benzene rings is 1. The molecule has 2 aromatic rings. The first-order chi connectivity index (χ1) is 7.63. The van der Waals surface area contributed by atoms with E-state index in [1.807, 2.05) is 25.1 Å². The highest BCUT2D eigenvalue weighted by molar-refractivity contribution is 9.10. The summed E-state index contributed by atoms with van der Waals surface area (Å²) in [7, 11) is 1.64. The quantitative estimate of drug-likeness (QED) is 0.890. The highest BCUT2D eigenvalue weighted by atomic mass is 79.9. The number of nitrogens with one attached hydrogen (secondary N) is 1. The summed E-state index contributed by atoms with van der Waals surface area (Å²) < 4.78 is 6.29. The molecule has 5 heteroatoms. The predicted octanol–water partition coefficient (Wildman–Crippen LogP) is 2.74. The van der Waals surface area contributed by atoms with Gasteiger partial charge in [-0.15, -0.1) is 0 Å². The molecule has 2 rings (SSSR count). The fourth-order valence-electron chi connectivity index (χ4n) is 1.66. The minimum absolute atomic E-state index is 0.480. The van der Waals surface area contributed by atoms with Crippen LogP contribution in [0.2, 0.25) is 0 Å². The van der Waals surface area contributed by atoms with Gasteiger partial charge in [0.05, 0.1) is 7.11 Å². The number of hydrogen-bond donors (Lipinski definition) is 2. The molecule has 1 aromatic carbocycles. The van der Waals surface area contributed by atoms with E-state index in [1.165, 1.54) is 0 Å². The van der Waals surface area contributed by atoms with Gasteiger partial charge in [-0.1, -0.05) is 15.9 Å². The molecular formula is C11H12BrN3O. The number of nitrogens with zero attached hydrogens (tertiary/aromatic N) is 1. The summed E-state index contributed by atoms with van der Waals surface area (Å²) in [4.78, 5) is 0. The molecule has 0 saturated heterocycles. The largest absolute Gasteiger partial charge is 0.496 e. The van der Waals surface area contributed by atoms with Crippen LogP contribution in [0.3, 0.4) is 0 Å². The van der Waals surface area contributed by atoms with Crippen LogP contribution >= 0.6 is 15.9 Å². The van der Waals surface area contributed by atoms with Gasteiger partial charge in [-0.25, -0.2) is 0 Å². The van der Waals surface area contributed by atoms with Crippen LogP contribution in [0.1, 0.15) is 5.69 Å². The highest BCUT2D eigenvalue weighted by Gasteiger charge is 2.14. The Morgan fingerprint density at radius 1 is 1.44 bits per heavy atom. The second-order valence-corrected chi connectivity index (χ2v) is 4.37. The Kier molecular flexibility index (Phi) is 2.87. The molecule has 0 atom stereocenters. The number of aromatic nitrogens is 2. The molecule has 0 bridgehead atoms. The van der Waals surface area contributed by atoms with Gasteiger partial charge in [-0.3, -0.25) is 5.10 Å². The number of nitrogens with two attached hydrogens (primary N) is 1. The number of anilines is 1. The minimum atomic E-state index is 0.480. The summed E-state index contributed by atoms with van der Waals surface area (Å²) >= 11 is 3.43. The summed E-state index contributed by atoms with van der Waals surface area (Å²) in [5.41, 5.74) is 8.58. The van der Waals surface area contributed by atoms with Crippen LogP contribution in [0.25, 0.3) is 11.1 Å². The minimum Gasteiger partial charge on any atom is -0.496 e. The van der Waals surface area contributed by atoms with Crippen molar-refractivity contribution >= 4 is 21.7 Å². The third-order valence-electron chi connectivity index (χ3n) is 2.41. The standard InChI is InChI=1S/C11H12BrN3O/c1-6-10(11(13)15-14-6)8-5-7(12)3-4-9(8)16-2/h3-5H,1-2H3,(H3,13,14,15). The smallest absolute Gasteiger partial charge is 0.153 e. The van der Waals surface area contributed by atoms with Crippen molar-refractivity contribution in [2.45, 2.75) is 6.92 Å². The van der Waals surface area contributed by atoms with Crippen molar-refractivity contribution in [3.63, 3.8) is 0 Å². The van der Waals surface area contributed by atoms with Crippen molar-refractivity contribution in [1.82, 2.24) is 10.2 Å². The van der Waals surface area contributed by atoms with Crippen molar-refractivity contribution in [2.75, 3.05) is 12.8 Å². The molecule has 0 unspecified atom stereocenters. The van der Waals surface area contributed by atoms with E-state index < -0.39 is 0 Å². The molecule has 0 aliphatic heterocycles. The third kappa shape index (κ3) is 1.78. The van der Waals surface area contributed by atoms with E-state index in [9.17, 15) is 0 Å². The second kappa shape index (κ2) is 4.17. The van der Waals surface area contributed by atoms with Crippen molar-refractivity contribution in [2.24, 2.45) is 0 Å². The first kappa shape index (κ1) is 11.0. The molecule has 0 saturated carbocycles. The summed E-state index contributed by atoms with van der Waals surface area (Å²) in [5.74, 6) is 1.26. The number of methoxy groups -OCH3 is 1. The number of aromatic amines is 1. The van der Waals surface area contributed by atoms with Crippen LogP contribution in [0.5, 0.6) is 5.75 Å². The summed E-state index contributed by atoms with van der Waals surface area (Å²) in [6.07, 6.45) is 0. The van der Waals surface area contributed by atoms with Crippen molar-refractivity contribution in [3.05, 3.63) is 28.4 Å². The van der Waals surface area contributed by atoms with Gasteiger partial charge in [0.1, 0.15) is 5.75 Å². The number of nitrogen functional groups attached to an aromatic ring is 1. The zero-order valence-corrected chi connectivity index (χ0v) is 10.6. The maximum Gasteiger partial charge on any atom is 0.153 e. The Hall–Kier alpha value is -1.49. The highest BCUT2D eigenvalue weighted by Crippen LogP contribution is 2.36. The Morgan fingerprint density at radius 2 is 2.19 bits per heavy atom.